The normalized spacial score (nSPS) is 11.2. The molecule has 15 heavy (non-hydrogen) atoms. The molecule has 0 aliphatic rings. The molecule has 0 atom stereocenters. The van der Waals surface area contributed by atoms with Crippen LogP contribution in [0.4, 0.5) is 0 Å². The molecule has 0 amide bonds. The molecule has 1 rings (SSSR count). The Kier molecular flexibility index (Phi) is 5.40. The second kappa shape index (κ2) is 6.62. The number of rotatable bonds is 7. The van der Waals surface area contributed by atoms with Crippen molar-refractivity contribution in [3.8, 4) is 0 Å². The Hall–Kier alpha value is -0.830. The van der Waals surface area contributed by atoms with Crippen molar-refractivity contribution < 1.29 is 0 Å². The fraction of sp³-hybridized carbons (Fsp3) is 0.750. The first kappa shape index (κ1) is 12.2. The first-order valence-corrected chi connectivity index (χ1v) is 5.95. The standard InChI is InChI=1S/C12H23N3/c1-4-11(5-2)10-13-8-6-12-7-9-14-15(12)3/h7,9,11,13H,4-6,8,10H2,1-3H3. The maximum Gasteiger partial charge on any atom is 0.0492 e. The van der Waals surface area contributed by atoms with Gasteiger partial charge in [0, 0.05) is 31.9 Å². The van der Waals surface area contributed by atoms with Gasteiger partial charge in [-0.25, -0.2) is 0 Å². The average molecular weight is 209 g/mol. The lowest BCUT2D eigenvalue weighted by Gasteiger charge is -2.13. The predicted octanol–water partition coefficient (Wildman–Crippen LogP) is 1.99. The SMILES string of the molecule is CCC(CC)CNCCc1ccnn1C. The molecule has 0 saturated carbocycles. The monoisotopic (exact) mass is 209 g/mol. The summed E-state index contributed by atoms with van der Waals surface area (Å²) in [5, 5.41) is 7.66. The minimum atomic E-state index is 0.830. The third kappa shape index (κ3) is 4.04. The summed E-state index contributed by atoms with van der Waals surface area (Å²) in [7, 11) is 2.00. The average Bonchev–Trinajstić information content (AvgIpc) is 2.65. The molecule has 0 unspecified atom stereocenters. The van der Waals surface area contributed by atoms with Gasteiger partial charge in [-0.3, -0.25) is 4.68 Å². The zero-order valence-electron chi connectivity index (χ0n) is 10.2. The number of nitrogens with one attached hydrogen (secondary N) is 1. The molecule has 0 radical (unpaired) electrons. The molecular formula is C12H23N3. The van der Waals surface area contributed by atoms with E-state index in [0.29, 0.717) is 0 Å². The molecule has 0 saturated heterocycles. The van der Waals surface area contributed by atoms with Crippen molar-refractivity contribution in [2.45, 2.75) is 33.1 Å². The fourth-order valence-corrected chi connectivity index (χ4v) is 1.75. The Labute approximate surface area is 92.9 Å². The van der Waals surface area contributed by atoms with Gasteiger partial charge in [0.05, 0.1) is 0 Å². The Morgan fingerprint density at radius 2 is 2.13 bits per heavy atom. The maximum absolute atomic E-state index is 4.15. The van der Waals surface area contributed by atoms with Crippen molar-refractivity contribution in [2.24, 2.45) is 13.0 Å². The molecular weight excluding hydrogens is 186 g/mol. The van der Waals surface area contributed by atoms with Gasteiger partial charge in [-0.05, 0) is 18.5 Å². The van der Waals surface area contributed by atoms with Gasteiger partial charge in [-0.1, -0.05) is 26.7 Å². The van der Waals surface area contributed by atoms with E-state index in [1.807, 2.05) is 17.9 Å². The molecule has 0 fully saturated rings. The third-order valence-electron chi connectivity index (χ3n) is 3.07. The van der Waals surface area contributed by atoms with Crippen LogP contribution in [0.3, 0.4) is 0 Å². The van der Waals surface area contributed by atoms with Crippen molar-refractivity contribution in [1.82, 2.24) is 15.1 Å². The highest BCUT2D eigenvalue weighted by molar-refractivity contribution is 5.00. The summed E-state index contributed by atoms with van der Waals surface area (Å²) < 4.78 is 1.94. The Morgan fingerprint density at radius 1 is 1.40 bits per heavy atom. The minimum absolute atomic E-state index is 0.830. The molecule has 3 heteroatoms. The second-order valence-corrected chi connectivity index (χ2v) is 4.08. The Bertz CT molecular complexity index is 264. The second-order valence-electron chi connectivity index (χ2n) is 4.08. The van der Waals surface area contributed by atoms with Crippen molar-refractivity contribution in [3.05, 3.63) is 18.0 Å². The molecule has 0 spiro atoms. The molecule has 1 aromatic rings. The van der Waals surface area contributed by atoms with Crippen LogP contribution in [0.15, 0.2) is 12.3 Å². The molecule has 1 N–H and O–H groups in total. The van der Waals surface area contributed by atoms with Crippen molar-refractivity contribution in [2.75, 3.05) is 13.1 Å². The van der Waals surface area contributed by atoms with Gasteiger partial charge in [0.25, 0.3) is 0 Å². The Morgan fingerprint density at radius 3 is 2.67 bits per heavy atom. The summed E-state index contributed by atoms with van der Waals surface area (Å²) in [4.78, 5) is 0. The number of nitrogens with zero attached hydrogens (tertiary/aromatic N) is 2. The molecule has 1 heterocycles. The van der Waals surface area contributed by atoms with Crippen LogP contribution in [0.2, 0.25) is 0 Å². The Balaban J connectivity index is 2.14. The lowest BCUT2D eigenvalue weighted by atomic mass is 10.0. The van der Waals surface area contributed by atoms with Crippen LogP contribution in [-0.2, 0) is 13.5 Å². The van der Waals surface area contributed by atoms with Crippen LogP contribution in [0.5, 0.6) is 0 Å². The molecule has 0 aromatic carbocycles. The van der Waals surface area contributed by atoms with E-state index in [0.717, 1.165) is 25.4 Å². The van der Waals surface area contributed by atoms with Crippen LogP contribution in [-0.4, -0.2) is 22.9 Å². The van der Waals surface area contributed by atoms with Gasteiger partial charge in [0.1, 0.15) is 0 Å². The van der Waals surface area contributed by atoms with Crippen LogP contribution in [0, 0.1) is 5.92 Å². The summed E-state index contributed by atoms with van der Waals surface area (Å²) in [6.45, 7) is 6.72. The summed E-state index contributed by atoms with van der Waals surface area (Å²) in [5.74, 6) is 0.830. The summed E-state index contributed by atoms with van der Waals surface area (Å²) in [6.07, 6.45) is 5.47. The molecule has 86 valence electrons. The van der Waals surface area contributed by atoms with Gasteiger partial charge in [0.15, 0.2) is 0 Å². The van der Waals surface area contributed by atoms with E-state index in [1.165, 1.54) is 18.5 Å². The summed E-state index contributed by atoms with van der Waals surface area (Å²) in [6, 6.07) is 2.08. The topological polar surface area (TPSA) is 29.9 Å². The number of aromatic nitrogens is 2. The minimum Gasteiger partial charge on any atom is -0.316 e. The number of hydrogen-bond donors (Lipinski definition) is 1. The highest BCUT2D eigenvalue weighted by Crippen LogP contribution is 2.05. The molecule has 0 aliphatic heterocycles. The van der Waals surface area contributed by atoms with Crippen LogP contribution >= 0.6 is 0 Å². The molecule has 3 nitrogen and oxygen atoms in total. The zero-order valence-corrected chi connectivity index (χ0v) is 10.2. The zero-order chi connectivity index (χ0) is 11.1. The van der Waals surface area contributed by atoms with Crippen molar-refractivity contribution in [1.29, 1.82) is 0 Å². The largest absolute Gasteiger partial charge is 0.316 e. The van der Waals surface area contributed by atoms with Crippen LogP contribution < -0.4 is 5.32 Å². The van der Waals surface area contributed by atoms with Crippen LogP contribution in [0.1, 0.15) is 32.4 Å². The quantitative estimate of drug-likeness (QED) is 0.696. The van der Waals surface area contributed by atoms with E-state index in [9.17, 15) is 0 Å². The van der Waals surface area contributed by atoms with Crippen molar-refractivity contribution in [3.63, 3.8) is 0 Å². The molecule has 0 aliphatic carbocycles. The van der Waals surface area contributed by atoms with Crippen LogP contribution in [0.25, 0.3) is 0 Å². The number of aryl methyl sites for hydroxylation is 1. The van der Waals surface area contributed by atoms with Gasteiger partial charge < -0.3 is 5.32 Å². The van der Waals surface area contributed by atoms with Crippen molar-refractivity contribution >= 4 is 0 Å². The summed E-state index contributed by atoms with van der Waals surface area (Å²) >= 11 is 0. The third-order valence-corrected chi connectivity index (χ3v) is 3.07. The molecule has 1 aromatic heterocycles. The fourth-order valence-electron chi connectivity index (χ4n) is 1.75. The van der Waals surface area contributed by atoms with E-state index in [4.69, 9.17) is 0 Å². The lowest BCUT2D eigenvalue weighted by molar-refractivity contribution is 0.450. The van der Waals surface area contributed by atoms with E-state index >= 15 is 0 Å². The van der Waals surface area contributed by atoms with E-state index in [1.54, 1.807) is 0 Å². The van der Waals surface area contributed by atoms with Gasteiger partial charge in [-0.2, -0.15) is 5.10 Å². The van der Waals surface area contributed by atoms with E-state index < -0.39 is 0 Å². The maximum atomic E-state index is 4.15. The van der Waals surface area contributed by atoms with Gasteiger partial charge in [0.2, 0.25) is 0 Å². The van der Waals surface area contributed by atoms with E-state index in [-0.39, 0.29) is 0 Å². The number of hydrogen-bond acceptors (Lipinski definition) is 2. The first-order chi connectivity index (χ1) is 7.27. The first-order valence-electron chi connectivity index (χ1n) is 5.95. The van der Waals surface area contributed by atoms with Gasteiger partial charge >= 0.3 is 0 Å². The highest BCUT2D eigenvalue weighted by Gasteiger charge is 2.02. The summed E-state index contributed by atoms with van der Waals surface area (Å²) in [5.41, 5.74) is 1.30. The van der Waals surface area contributed by atoms with E-state index in [2.05, 4.69) is 30.3 Å². The lowest BCUT2D eigenvalue weighted by Crippen LogP contribution is -2.24. The smallest absolute Gasteiger partial charge is 0.0492 e. The van der Waals surface area contributed by atoms with Gasteiger partial charge in [-0.15, -0.1) is 0 Å². The molecule has 0 bridgehead atoms. The highest BCUT2D eigenvalue weighted by atomic mass is 15.3. The predicted molar refractivity (Wildman–Crippen MR) is 63.9 cm³/mol.